The molecule has 2 aliphatic rings. The molecule has 0 aromatic heterocycles. The van der Waals surface area contributed by atoms with Crippen LogP contribution in [0.3, 0.4) is 0 Å². The van der Waals surface area contributed by atoms with Gasteiger partial charge in [-0.15, -0.1) is 0 Å². The van der Waals surface area contributed by atoms with E-state index in [0.29, 0.717) is 0 Å². The molecule has 0 saturated carbocycles. The van der Waals surface area contributed by atoms with Gasteiger partial charge in [0.15, 0.2) is 0 Å². The molecule has 7 nitrogen and oxygen atoms in total. The first-order valence-corrected chi connectivity index (χ1v) is 6.47. The van der Waals surface area contributed by atoms with Crippen molar-refractivity contribution in [3.63, 3.8) is 0 Å². The summed E-state index contributed by atoms with van der Waals surface area (Å²) in [4.78, 5) is 23.1. The SMILES string of the molecule is O=C1c2cccc([N+](=O)[O-])c2C2(O)Oc3ccccc3C12O. The predicted molar refractivity (Wildman–Crippen MR) is 72.3 cm³/mol. The molecular weight excluding hydrogens is 290 g/mol. The second-order valence-electron chi connectivity index (χ2n) is 5.24. The molecule has 0 spiro atoms. The number of nitro groups is 1. The minimum atomic E-state index is -2.51. The van der Waals surface area contributed by atoms with Crippen LogP contribution in [-0.2, 0) is 11.4 Å². The Hall–Kier alpha value is -2.77. The molecule has 0 bridgehead atoms. The Balaban J connectivity index is 2.09. The fourth-order valence-corrected chi connectivity index (χ4v) is 3.21. The average Bonchev–Trinajstić information content (AvgIpc) is 2.84. The smallest absolute Gasteiger partial charge is 0.283 e. The Labute approximate surface area is 123 Å². The summed E-state index contributed by atoms with van der Waals surface area (Å²) in [6.07, 6.45) is 0. The normalized spacial score (nSPS) is 27.8. The first kappa shape index (κ1) is 12.9. The maximum atomic E-state index is 12.6. The number of hydrogen-bond donors (Lipinski definition) is 2. The van der Waals surface area contributed by atoms with E-state index in [4.69, 9.17) is 4.74 Å². The molecule has 0 fully saturated rings. The third-order valence-corrected chi connectivity index (χ3v) is 4.18. The average molecular weight is 299 g/mol. The van der Waals surface area contributed by atoms with Gasteiger partial charge >= 0.3 is 0 Å². The predicted octanol–water partition coefficient (Wildman–Crippen LogP) is 1.22. The number of nitro benzene ring substituents is 1. The Bertz CT molecular complexity index is 863. The third-order valence-electron chi connectivity index (χ3n) is 4.18. The second-order valence-corrected chi connectivity index (χ2v) is 5.24. The second kappa shape index (κ2) is 3.70. The highest BCUT2D eigenvalue weighted by molar-refractivity contribution is 6.10. The van der Waals surface area contributed by atoms with Gasteiger partial charge in [0.2, 0.25) is 11.4 Å². The maximum absolute atomic E-state index is 12.6. The molecule has 0 radical (unpaired) electrons. The first-order chi connectivity index (χ1) is 10.4. The first-order valence-electron chi connectivity index (χ1n) is 6.47. The lowest BCUT2D eigenvalue weighted by molar-refractivity contribution is -0.388. The molecule has 2 aromatic carbocycles. The van der Waals surface area contributed by atoms with Gasteiger partial charge in [-0.05, 0) is 6.07 Å². The summed E-state index contributed by atoms with van der Waals surface area (Å²) in [5, 5.41) is 33.0. The Morgan fingerprint density at radius 3 is 2.55 bits per heavy atom. The van der Waals surface area contributed by atoms with E-state index in [1.54, 1.807) is 12.1 Å². The number of ketones is 1. The number of carbonyl (C=O) groups is 1. The molecule has 110 valence electrons. The lowest BCUT2D eigenvalue weighted by Crippen LogP contribution is -2.48. The number of benzene rings is 2. The van der Waals surface area contributed by atoms with Crippen LogP contribution in [0.25, 0.3) is 0 Å². The summed E-state index contributed by atoms with van der Waals surface area (Å²) < 4.78 is 5.39. The molecule has 4 rings (SSSR count). The van der Waals surface area contributed by atoms with Crippen molar-refractivity contribution in [1.82, 2.24) is 0 Å². The number of nitrogens with zero attached hydrogens (tertiary/aromatic N) is 1. The van der Waals surface area contributed by atoms with Crippen molar-refractivity contribution >= 4 is 11.5 Å². The van der Waals surface area contributed by atoms with E-state index in [1.165, 1.54) is 24.3 Å². The number of para-hydroxylation sites is 1. The van der Waals surface area contributed by atoms with E-state index in [2.05, 4.69) is 0 Å². The summed E-state index contributed by atoms with van der Waals surface area (Å²) >= 11 is 0. The van der Waals surface area contributed by atoms with E-state index < -0.39 is 27.8 Å². The molecule has 2 N–H and O–H groups in total. The fourth-order valence-electron chi connectivity index (χ4n) is 3.21. The van der Waals surface area contributed by atoms with Crippen LogP contribution in [-0.4, -0.2) is 20.9 Å². The van der Waals surface area contributed by atoms with Crippen LogP contribution in [0, 0.1) is 10.1 Å². The quantitative estimate of drug-likeness (QED) is 0.605. The summed E-state index contributed by atoms with van der Waals surface area (Å²) in [7, 11) is 0. The molecule has 2 unspecified atom stereocenters. The fraction of sp³-hybridized carbons (Fsp3) is 0.133. The molecule has 1 aliphatic heterocycles. The van der Waals surface area contributed by atoms with Crippen LogP contribution in [0.1, 0.15) is 21.5 Å². The summed E-state index contributed by atoms with van der Waals surface area (Å²) in [5.74, 6) is -3.21. The van der Waals surface area contributed by atoms with Gasteiger partial charge in [-0.2, -0.15) is 0 Å². The van der Waals surface area contributed by atoms with Crippen molar-refractivity contribution in [2.45, 2.75) is 11.4 Å². The number of aliphatic hydroxyl groups is 2. The van der Waals surface area contributed by atoms with Gasteiger partial charge in [0.05, 0.1) is 4.92 Å². The van der Waals surface area contributed by atoms with Gasteiger partial charge in [0, 0.05) is 17.2 Å². The van der Waals surface area contributed by atoms with E-state index in [0.717, 1.165) is 6.07 Å². The summed E-state index contributed by atoms with van der Waals surface area (Å²) in [5.41, 5.74) is -3.21. The zero-order valence-electron chi connectivity index (χ0n) is 11.0. The van der Waals surface area contributed by atoms with Crippen molar-refractivity contribution < 1.29 is 24.7 Å². The number of fused-ring (bicyclic) bond motifs is 5. The van der Waals surface area contributed by atoms with Crippen molar-refractivity contribution in [2.75, 3.05) is 0 Å². The van der Waals surface area contributed by atoms with Gasteiger partial charge in [-0.1, -0.05) is 30.3 Å². The van der Waals surface area contributed by atoms with Crippen LogP contribution >= 0.6 is 0 Å². The zero-order valence-corrected chi connectivity index (χ0v) is 11.0. The lowest BCUT2D eigenvalue weighted by Gasteiger charge is -2.28. The third kappa shape index (κ3) is 1.17. The van der Waals surface area contributed by atoms with Crippen LogP contribution in [0.5, 0.6) is 5.75 Å². The summed E-state index contributed by atoms with van der Waals surface area (Å²) in [6.45, 7) is 0. The molecule has 0 amide bonds. The van der Waals surface area contributed by atoms with E-state index in [1.807, 2.05) is 0 Å². The Morgan fingerprint density at radius 1 is 1.09 bits per heavy atom. The van der Waals surface area contributed by atoms with E-state index >= 15 is 0 Å². The van der Waals surface area contributed by atoms with Crippen LogP contribution in [0.4, 0.5) is 5.69 Å². The van der Waals surface area contributed by atoms with E-state index in [9.17, 15) is 25.1 Å². The van der Waals surface area contributed by atoms with Crippen LogP contribution < -0.4 is 4.74 Å². The molecule has 1 heterocycles. The van der Waals surface area contributed by atoms with Crippen molar-refractivity contribution in [2.24, 2.45) is 0 Å². The maximum Gasteiger partial charge on any atom is 0.283 e. The van der Waals surface area contributed by atoms with Crippen molar-refractivity contribution in [3.05, 3.63) is 69.3 Å². The van der Waals surface area contributed by atoms with Crippen molar-refractivity contribution in [3.8, 4) is 5.75 Å². The molecule has 2 aromatic rings. The number of carbonyl (C=O) groups excluding carboxylic acids is 1. The molecule has 2 atom stereocenters. The van der Waals surface area contributed by atoms with Crippen LogP contribution in [0.2, 0.25) is 0 Å². The number of ether oxygens (including phenoxy) is 1. The highest BCUT2D eigenvalue weighted by Gasteiger charge is 2.72. The zero-order chi connectivity index (χ0) is 15.7. The van der Waals surface area contributed by atoms with Crippen LogP contribution in [0.15, 0.2) is 42.5 Å². The van der Waals surface area contributed by atoms with Gasteiger partial charge in [0.1, 0.15) is 11.3 Å². The number of Topliss-reactive ketones (excluding diaryl/α,β-unsaturated/α-hetero) is 1. The molecule has 1 aliphatic carbocycles. The number of hydrogen-bond acceptors (Lipinski definition) is 6. The molecular formula is C15H9NO6. The Morgan fingerprint density at radius 2 is 1.82 bits per heavy atom. The molecule has 7 heteroatoms. The largest absolute Gasteiger partial charge is 0.453 e. The minimum absolute atomic E-state index is 0.0907. The lowest BCUT2D eigenvalue weighted by atomic mass is 9.87. The summed E-state index contributed by atoms with van der Waals surface area (Å²) in [6, 6.07) is 9.92. The Kier molecular flexibility index (Phi) is 2.18. The van der Waals surface area contributed by atoms with Gasteiger partial charge < -0.3 is 14.9 Å². The van der Waals surface area contributed by atoms with Gasteiger partial charge in [-0.25, -0.2) is 0 Å². The molecule has 22 heavy (non-hydrogen) atoms. The van der Waals surface area contributed by atoms with E-state index in [-0.39, 0.29) is 22.4 Å². The standard InChI is InChI=1S/C15H9NO6/c17-13-8-4-3-6-10(16(20)21)12(8)15(19)14(13,18)9-5-1-2-7-11(9)22-15/h1-7,18-19H. The van der Waals surface area contributed by atoms with Gasteiger partial charge in [0.25, 0.3) is 11.5 Å². The molecule has 0 saturated heterocycles. The minimum Gasteiger partial charge on any atom is -0.453 e. The highest BCUT2D eigenvalue weighted by Crippen LogP contribution is 2.59. The highest BCUT2D eigenvalue weighted by atomic mass is 16.7. The van der Waals surface area contributed by atoms with Gasteiger partial charge in [-0.3, -0.25) is 14.9 Å². The van der Waals surface area contributed by atoms with Crippen molar-refractivity contribution in [1.29, 1.82) is 0 Å². The monoisotopic (exact) mass is 299 g/mol. The number of rotatable bonds is 1. The topological polar surface area (TPSA) is 110 Å².